The zero-order valence-corrected chi connectivity index (χ0v) is 15.3. The average Bonchev–Trinajstić information content (AvgIpc) is 2.71. The number of hydrogen-bond acceptors (Lipinski definition) is 1. The maximum absolute atomic E-state index is 4.17. The lowest BCUT2D eigenvalue weighted by atomic mass is 10.1. The molecule has 1 aliphatic rings. The summed E-state index contributed by atoms with van der Waals surface area (Å²) in [4.78, 5) is 5.52. The Labute approximate surface area is 145 Å². The van der Waals surface area contributed by atoms with E-state index in [9.17, 15) is 0 Å². The molecule has 2 rings (SSSR count). The molecular weight excluding hydrogens is 292 g/mol. The molecular formula is C22H28N2. The molecule has 126 valence electrons. The molecule has 0 spiro atoms. The number of hydrogen-bond donors (Lipinski definition) is 1. The van der Waals surface area contributed by atoms with E-state index in [2.05, 4.69) is 92.2 Å². The van der Waals surface area contributed by atoms with E-state index in [4.69, 9.17) is 0 Å². The van der Waals surface area contributed by atoms with Crippen molar-refractivity contribution < 1.29 is 0 Å². The van der Waals surface area contributed by atoms with Crippen molar-refractivity contribution >= 4 is 18.7 Å². The van der Waals surface area contributed by atoms with Crippen molar-refractivity contribution in [3.63, 3.8) is 0 Å². The fourth-order valence-corrected chi connectivity index (χ4v) is 2.81. The van der Waals surface area contributed by atoms with Gasteiger partial charge in [-0.2, -0.15) is 0 Å². The molecule has 1 N–H and O–H groups in total. The lowest BCUT2D eigenvalue weighted by Crippen LogP contribution is -2.23. The van der Waals surface area contributed by atoms with Crippen LogP contribution in [0.2, 0.25) is 0 Å². The standard InChI is InChI=1S/C22H28N2/c1-6-11-19(24(4)5)13-10-12-17(2)16-21-18(3)23-22-15-9-7-8-14-20(21)22/h6-9,11-13,15-16,23H,3,10,14H2,1-2,4-5H3/b11-6-,17-12+,19-13+,21-16-. The van der Waals surface area contributed by atoms with Crippen LogP contribution in [0, 0.1) is 0 Å². The summed E-state index contributed by atoms with van der Waals surface area (Å²) in [5.74, 6) is 0. The lowest BCUT2D eigenvalue weighted by Gasteiger charge is -2.13. The minimum absolute atomic E-state index is 0.916. The SMILES string of the molecule is C=c1[nH]c2c(/c1=C\C(C)=C\C/C=C(\C=C/C)N(C)C)CC=CC=C2. The van der Waals surface area contributed by atoms with Crippen LogP contribution >= 0.6 is 0 Å². The first-order chi connectivity index (χ1) is 11.5. The number of nitrogens with zero attached hydrogens (tertiary/aromatic N) is 1. The summed E-state index contributed by atoms with van der Waals surface area (Å²) in [6.45, 7) is 8.36. The monoisotopic (exact) mass is 320 g/mol. The highest BCUT2D eigenvalue weighted by molar-refractivity contribution is 5.58. The largest absolute Gasteiger partial charge is 0.378 e. The zero-order chi connectivity index (χ0) is 17.5. The Balaban J connectivity index is 2.27. The van der Waals surface area contributed by atoms with E-state index < -0.39 is 0 Å². The van der Waals surface area contributed by atoms with Crippen LogP contribution in [-0.4, -0.2) is 24.0 Å². The Morgan fingerprint density at radius 1 is 1.29 bits per heavy atom. The summed E-state index contributed by atoms with van der Waals surface area (Å²) >= 11 is 0. The Bertz CT molecular complexity index is 824. The van der Waals surface area contributed by atoms with Gasteiger partial charge in [0.05, 0.1) is 0 Å². The second-order valence-corrected chi connectivity index (χ2v) is 6.25. The Kier molecular flexibility index (Phi) is 6.25. The van der Waals surface area contributed by atoms with Crippen molar-refractivity contribution in [1.82, 2.24) is 9.88 Å². The second-order valence-electron chi connectivity index (χ2n) is 6.25. The molecule has 0 atom stereocenters. The number of aromatic amines is 1. The van der Waals surface area contributed by atoms with Crippen LogP contribution in [0.5, 0.6) is 0 Å². The van der Waals surface area contributed by atoms with Crippen molar-refractivity contribution in [3.8, 4) is 0 Å². The maximum atomic E-state index is 4.17. The van der Waals surface area contributed by atoms with Crippen LogP contribution in [0.4, 0.5) is 0 Å². The van der Waals surface area contributed by atoms with Crippen molar-refractivity contribution in [2.75, 3.05) is 14.1 Å². The van der Waals surface area contributed by atoms with E-state index >= 15 is 0 Å². The summed E-state index contributed by atoms with van der Waals surface area (Å²) in [5.41, 5.74) is 4.99. The van der Waals surface area contributed by atoms with Crippen molar-refractivity contribution in [2.24, 2.45) is 0 Å². The number of allylic oxidation sites excluding steroid dienone is 8. The van der Waals surface area contributed by atoms with Gasteiger partial charge in [-0.1, -0.05) is 48.6 Å². The topological polar surface area (TPSA) is 19.0 Å². The van der Waals surface area contributed by atoms with Crippen molar-refractivity contribution in [2.45, 2.75) is 26.7 Å². The highest BCUT2D eigenvalue weighted by atomic mass is 15.1. The second kappa shape index (κ2) is 8.39. The van der Waals surface area contributed by atoms with E-state index in [-0.39, 0.29) is 0 Å². The molecule has 0 amide bonds. The van der Waals surface area contributed by atoms with Crippen LogP contribution in [0.3, 0.4) is 0 Å². The lowest BCUT2D eigenvalue weighted by molar-refractivity contribution is 0.528. The van der Waals surface area contributed by atoms with Gasteiger partial charge < -0.3 is 9.88 Å². The zero-order valence-electron chi connectivity index (χ0n) is 15.3. The maximum Gasteiger partial charge on any atom is 0.0426 e. The number of aromatic nitrogens is 1. The highest BCUT2D eigenvalue weighted by Gasteiger charge is 2.05. The van der Waals surface area contributed by atoms with E-state index in [1.54, 1.807) is 0 Å². The number of fused-ring (bicyclic) bond motifs is 1. The predicted octanol–water partition coefficient (Wildman–Crippen LogP) is 3.69. The molecule has 24 heavy (non-hydrogen) atoms. The van der Waals surface area contributed by atoms with Crippen molar-refractivity contribution in [1.29, 1.82) is 0 Å². The first-order valence-corrected chi connectivity index (χ1v) is 8.44. The van der Waals surface area contributed by atoms with Gasteiger partial charge in [0.25, 0.3) is 0 Å². The van der Waals surface area contributed by atoms with E-state index in [0.717, 1.165) is 18.2 Å². The molecule has 0 saturated heterocycles. The summed E-state index contributed by atoms with van der Waals surface area (Å²) in [6, 6.07) is 0. The molecule has 0 saturated carbocycles. The highest BCUT2D eigenvalue weighted by Crippen LogP contribution is 2.09. The molecule has 0 fully saturated rings. The van der Waals surface area contributed by atoms with Crippen LogP contribution in [0.25, 0.3) is 18.7 Å². The van der Waals surface area contributed by atoms with Gasteiger partial charge in [-0.15, -0.1) is 0 Å². The number of rotatable bonds is 5. The third kappa shape index (κ3) is 4.51. The quantitative estimate of drug-likeness (QED) is 0.820. The van der Waals surface area contributed by atoms with Gasteiger partial charge in [-0.3, -0.25) is 0 Å². The molecule has 0 bridgehead atoms. The first-order valence-electron chi connectivity index (χ1n) is 8.44. The van der Waals surface area contributed by atoms with Gasteiger partial charge in [0.2, 0.25) is 0 Å². The Morgan fingerprint density at radius 2 is 2.08 bits per heavy atom. The molecule has 0 aromatic carbocycles. The van der Waals surface area contributed by atoms with Crippen molar-refractivity contribution in [3.05, 3.63) is 75.6 Å². The van der Waals surface area contributed by atoms with Crippen LogP contribution in [0.15, 0.2) is 53.8 Å². The first kappa shape index (κ1) is 17.9. The van der Waals surface area contributed by atoms with Crippen LogP contribution < -0.4 is 10.6 Å². The van der Waals surface area contributed by atoms with Gasteiger partial charge in [0, 0.05) is 36.1 Å². The number of likely N-dealkylation sites (N-methyl/N-ethyl adjacent to an activating group) is 1. The van der Waals surface area contributed by atoms with E-state index in [1.165, 1.54) is 27.7 Å². The third-order valence-electron chi connectivity index (χ3n) is 4.09. The van der Waals surface area contributed by atoms with Gasteiger partial charge >= 0.3 is 0 Å². The molecule has 1 heterocycles. The van der Waals surface area contributed by atoms with Gasteiger partial charge in [-0.05, 0) is 50.5 Å². The smallest absolute Gasteiger partial charge is 0.0426 e. The summed E-state index contributed by atoms with van der Waals surface area (Å²) in [6.07, 6.45) is 21.3. The predicted molar refractivity (Wildman–Crippen MR) is 107 cm³/mol. The Hall–Kier alpha value is -2.48. The summed E-state index contributed by atoms with van der Waals surface area (Å²) < 4.78 is 0. The Morgan fingerprint density at radius 3 is 2.79 bits per heavy atom. The van der Waals surface area contributed by atoms with Crippen LogP contribution in [-0.2, 0) is 6.42 Å². The minimum atomic E-state index is 0.916. The molecule has 0 aliphatic heterocycles. The fraction of sp³-hybridized carbons (Fsp3) is 0.273. The minimum Gasteiger partial charge on any atom is -0.378 e. The normalized spacial score (nSPS) is 15.9. The number of nitrogens with one attached hydrogen (secondary N) is 1. The fourth-order valence-electron chi connectivity index (χ4n) is 2.81. The molecule has 2 heteroatoms. The number of H-pyrrole nitrogens is 1. The summed E-state index contributed by atoms with van der Waals surface area (Å²) in [7, 11) is 4.14. The van der Waals surface area contributed by atoms with E-state index in [1.807, 2.05) is 6.92 Å². The van der Waals surface area contributed by atoms with E-state index in [0.29, 0.717) is 0 Å². The van der Waals surface area contributed by atoms with Gasteiger partial charge in [-0.25, -0.2) is 0 Å². The molecule has 0 unspecified atom stereocenters. The van der Waals surface area contributed by atoms with Gasteiger partial charge in [0.15, 0.2) is 0 Å². The third-order valence-corrected chi connectivity index (χ3v) is 4.09. The molecule has 1 aliphatic carbocycles. The molecule has 1 aromatic rings. The average molecular weight is 320 g/mol. The molecule has 0 radical (unpaired) electrons. The summed E-state index contributed by atoms with van der Waals surface area (Å²) in [5, 5.41) is 2.21. The van der Waals surface area contributed by atoms with Gasteiger partial charge in [0.1, 0.15) is 0 Å². The molecule has 1 aromatic heterocycles. The van der Waals surface area contributed by atoms with Crippen LogP contribution in [0.1, 0.15) is 31.5 Å². The molecule has 2 nitrogen and oxygen atoms in total.